The van der Waals surface area contributed by atoms with E-state index in [0.717, 1.165) is 6.42 Å². The molecule has 0 aliphatic rings. The average Bonchev–Trinajstić information content (AvgIpc) is 2.29. The third-order valence-corrected chi connectivity index (χ3v) is 5.99. The minimum Gasteiger partial charge on any atom is -0.330 e. The van der Waals surface area contributed by atoms with Gasteiger partial charge in [-0.25, -0.2) is 8.42 Å². The Bertz CT molecular complexity index is 459. The van der Waals surface area contributed by atoms with Crippen molar-refractivity contribution in [3.63, 3.8) is 0 Å². The molecule has 1 aromatic rings. The number of hydrogen-bond donors (Lipinski definition) is 1. The summed E-state index contributed by atoms with van der Waals surface area (Å²) >= 11 is 7.37. The lowest BCUT2D eigenvalue weighted by Crippen LogP contribution is -2.12. The zero-order valence-corrected chi connectivity index (χ0v) is 12.7. The zero-order chi connectivity index (χ0) is 13.6. The third-order valence-electron chi connectivity index (χ3n) is 2.50. The van der Waals surface area contributed by atoms with Crippen molar-refractivity contribution in [1.82, 2.24) is 0 Å². The van der Waals surface area contributed by atoms with Gasteiger partial charge in [0.05, 0.1) is 10.6 Å². The van der Waals surface area contributed by atoms with E-state index in [-0.39, 0.29) is 5.75 Å². The summed E-state index contributed by atoms with van der Waals surface area (Å²) in [6.07, 6.45) is 0.908. The second kappa shape index (κ2) is 7.38. The fraction of sp³-hybridized carbons (Fsp3) is 0.500. The van der Waals surface area contributed by atoms with E-state index in [1.54, 1.807) is 36.0 Å². The molecule has 1 aromatic carbocycles. The normalized spacial score (nSPS) is 13.5. The Balaban J connectivity index is 2.52. The summed E-state index contributed by atoms with van der Waals surface area (Å²) in [5.74, 6) is 0.736. The second-order valence-electron chi connectivity index (χ2n) is 4.03. The topological polar surface area (TPSA) is 60.2 Å². The van der Waals surface area contributed by atoms with Crippen LogP contribution in [0.2, 0.25) is 5.02 Å². The number of nitrogens with two attached hydrogens (primary N) is 1. The van der Waals surface area contributed by atoms with Crippen LogP contribution in [-0.4, -0.2) is 31.7 Å². The first-order valence-corrected chi connectivity index (χ1v) is 8.83. The number of hydrogen-bond acceptors (Lipinski definition) is 4. The van der Waals surface area contributed by atoms with Crippen LogP contribution in [0.1, 0.15) is 13.3 Å². The van der Waals surface area contributed by atoms with Crippen LogP contribution in [0.4, 0.5) is 0 Å². The molecule has 1 atom stereocenters. The highest BCUT2D eigenvalue weighted by Crippen LogP contribution is 2.18. The van der Waals surface area contributed by atoms with Gasteiger partial charge in [-0.2, -0.15) is 11.8 Å². The van der Waals surface area contributed by atoms with Crippen LogP contribution < -0.4 is 5.73 Å². The molecule has 0 bridgehead atoms. The summed E-state index contributed by atoms with van der Waals surface area (Å²) in [4.78, 5) is 0.332. The van der Waals surface area contributed by atoms with Crippen LogP contribution in [0.3, 0.4) is 0 Å². The van der Waals surface area contributed by atoms with Gasteiger partial charge in [-0.1, -0.05) is 18.5 Å². The lowest BCUT2D eigenvalue weighted by atomic mass is 10.3. The van der Waals surface area contributed by atoms with Gasteiger partial charge in [0.25, 0.3) is 0 Å². The molecular weight excluding hydrogens is 290 g/mol. The second-order valence-corrected chi connectivity index (χ2v) is 8.12. The summed E-state index contributed by atoms with van der Waals surface area (Å²) in [6.45, 7) is 2.70. The lowest BCUT2D eigenvalue weighted by molar-refractivity contribution is 0.597. The minimum absolute atomic E-state index is 0.147. The van der Waals surface area contributed by atoms with Gasteiger partial charge in [0.15, 0.2) is 9.84 Å². The summed E-state index contributed by atoms with van der Waals surface area (Å²) in [7, 11) is -3.20. The Morgan fingerprint density at radius 2 is 1.94 bits per heavy atom. The third kappa shape index (κ3) is 5.18. The highest BCUT2D eigenvalue weighted by Gasteiger charge is 2.14. The van der Waals surface area contributed by atoms with Gasteiger partial charge < -0.3 is 5.73 Å². The van der Waals surface area contributed by atoms with Gasteiger partial charge in [-0.05, 0) is 37.2 Å². The highest BCUT2D eigenvalue weighted by molar-refractivity contribution is 8.01. The zero-order valence-electron chi connectivity index (χ0n) is 10.3. The molecule has 0 aliphatic heterocycles. The van der Waals surface area contributed by atoms with E-state index in [9.17, 15) is 8.42 Å². The van der Waals surface area contributed by atoms with Crippen molar-refractivity contribution in [2.24, 2.45) is 5.73 Å². The van der Waals surface area contributed by atoms with E-state index in [1.807, 2.05) is 0 Å². The van der Waals surface area contributed by atoms with E-state index in [2.05, 4.69) is 6.92 Å². The monoisotopic (exact) mass is 307 g/mol. The molecule has 0 amide bonds. The number of halogens is 1. The summed E-state index contributed by atoms with van der Waals surface area (Å²) < 4.78 is 24.0. The standard InChI is InChI=1S/C12H18ClNO2S2/c1-10(6-7-14)17-8-9-18(15,16)12-4-2-11(13)3-5-12/h2-5,10H,6-9,14H2,1H3. The molecule has 102 valence electrons. The first kappa shape index (κ1) is 15.8. The van der Waals surface area contributed by atoms with Crippen molar-refractivity contribution < 1.29 is 8.42 Å². The van der Waals surface area contributed by atoms with Gasteiger partial charge in [-0.15, -0.1) is 0 Å². The van der Waals surface area contributed by atoms with E-state index in [4.69, 9.17) is 17.3 Å². The molecule has 0 radical (unpaired) electrons. The van der Waals surface area contributed by atoms with Crippen LogP contribution in [0.25, 0.3) is 0 Å². The molecule has 0 aliphatic carbocycles. The molecule has 0 saturated carbocycles. The van der Waals surface area contributed by atoms with E-state index in [0.29, 0.717) is 27.5 Å². The van der Waals surface area contributed by atoms with Crippen molar-refractivity contribution in [1.29, 1.82) is 0 Å². The molecule has 3 nitrogen and oxygen atoms in total. The molecule has 1 rings (SSSR count). The smallest absolute Gasteiger partial charge is 0.179 e. The molecule has 2 N–H and O–H groups in total. The molecule has 0 heterocycles. The van der Waals surface area contributed by atoms with Gasteiger partial charge in [-0.3, -0.25) is 0 Å². The Morgan fingerprint density at radius 1 is 1.33 bits per heavy atom. The quantitative estimate of drug-likeness (QED) is 0.841. The van der Waals surface area contributed by atoms with Crippen LogP contribution in [0.15, 0.2) is 29.2 Å². The summed E-state index contributed by atoms with van der Waals surface area (Å²) in [5.41, 5.74) is 5.45. The van der Waals surface area contributed by atoms with Gasteiger partial charge in [0.2, 0.25) is 0 Å². The molecule has 0 fully saturated rings. The molecule has 18 heavy (non-hydrogen) atoms. The lowest BCUT2D eigenvalue weighted by Gasteiger charge is -2.09. The maximum Gasteiger partial charge on any atom is 0.179 e. The average molecular weight is 308 g/mol. The molecular formula is C12H18ClNO2S2. The van der Waals surface area contributed by atoms with Crippen LogP contribution in [0.5, 0.6) is 0 Å². The van der Waals surface area contributed by atoms with Gasteiger partial charge >= 0.3 is 0 Å². The highest BCUT2D eigenvalue weighted by atomic mass is 35.5. The first-order chi connectivity index (χ1) is 8.45. The molecule has 6 heteroatoms. The predicted molar refractivity (Wildman–Crippen MR) is 79.1 cm³/mol. The fourth-order valence-corrected chi connectivity index (χ4v) is 4.32. The number of thioether (sulfide) groups is 1. The summed E-state index contributed by atoms with van der Waals surface area (Å²) in [6, 6.07) is 6.29. The van der Waals surface area contributed by atoms with Crippen molar-refractivity contribution >= 4 is 33.2 Å². The van der Waals surface area contributed by atoms with Gasteiger partial charge in [0.1, 0.15) is 0 Å². The van der Waals surface area contributed by atoms with Crippen molar-refractivity contribution in [3.05, 3.63) is 29.3 Å². The number of sulfone groups is 1. The van der Waals surface area contributed by atoms with Crippen LogP contribution >= 0.6 is 23.4 Å². The fourth-order valence-electron chi connectivity index (χ4n) is 1.44. The number of benzene rings is 1. The van der Waals surface area contributed by atoms with E-state index < -0.39 is 9.84 Å². The molecule has 0 aromatic heterocycles. The molecule has 1 unspecified atom stereocenters. The van der Waals surface area contributed by atoms with E-state index >= 15 is 0 Å². The number of rotatable bonds is 7. The van der Waals surface area contributed by atoms with Crippen molar-refractivity contribution in [2.75, 3.05) is 18.1 Å². The first-order valence-electron chi connectivity index (χ1n) is 5.75. The Hall–Kier alpha value is -0.230. The van der Waals surface area contributed by atoms with Gasteiger partial charge in [0, 0.05) is 16.0 Å². The largest absolute Gasteiger partial charge is 0.330 e. The van der Waals surface area contributed by atoms with Crippen molar-refractivity contribution in [2.45, 2.75) is 23.5 Å². The minimum atomic E-state index is -3.20. The Kier molecular flexibility index (Phi) is 6.49. The Labute approximate surface area is 118 Å². The maximum absolute atomic E-state index is 12.0. The van der Waals surface area contributed by atoms with Crippen LogP contribution in [-0.2, 0) is 9.84 Å². The predicted octanol–water partition coefficient (Wildman–Crippen LogP) is 2.58. The van der Waals surface area contributed by atoms with E-state index in [1.165, 1.54) is 0 Å². The molecule has 0 saturated heterocycles. The van der Waals surface area contributed by atoms with Crippen molar-refractivity contribution in [3.8, 4) is 0 Å². The molecule has 0 spiro atoms. The maximum atomic E-state index is 12.0. The summed E-state index contributed by atoms with van der Waals surface area (Å²) in [5, 5.41) is 0.940. The SMILES string of the molecule is CC(CCN)SCCS(=O)(=O)c1ccc(Cl)cc1. The van der Waals surface area contributed by atoms with Crippen LogP contribution in [0, 0.1) is 0 Å². The Morgan fingerprint density at radius 3 is 2.50 bits per heavy atom.